The van der Waals surface area contributed by atoms with Gasteiger partial charge in [-0.25, -0.2) is 15.0 Å². The molecule has 122 valence electrons. The van der Waals surface area contributed by atoms with Crippen LogP contribution in [-0.2, 0) is 10.3 Å². The van der Waals surface area contributed by atoms with Gasteiger partial charge in [0.05, 0.1) is 0 Å². The van der Waals surface area contributed by atoms with Crippen LogP contribution in [0.5, 0.6) is 0 Å². The largest absolute Gasteiger partial charge is 0.381 e. The lowest BCUT2D eigenvalue weighted by molar-refractivity contribution is 0.0312. The second kappa shape index (κ2) is 6.01. The van der Waals surface area contributed by atoms with Crippen molar-refractivity contribution in [1.29, 1.82) is 0 Å². The number of carbonyl (C=O) groups excluding carboxylic acids is 1. The second-order valence-corrected chi connectivity index (χ2v) is 5.81. The maximum absolute atomic E-state index is 12.8. The standard InChI is InChI=1S/C17H17N5O2/c23-15(13-12-22-9-2-1-4-14(22)20-13)21-17(5-10-24-11-6-17)16-18-7-3-8-19-16/h1-4,7-9,12H,5-6,10-11H2,(H,21,23). The summed E-state index contributed by atoms with van der Waals surface area (Å²) in [6.45, 7) is 1.12. The Labute approximate surface area is 138 Å². The Morgan fingerprint density at radius 3 is 2.71 bits per heavy atom. The number of hydrogen-bond acceptors (Lipinski definition) is 5. The van der Waals surface area contributed by atoms with Crippen molar-refractivity contribution in [1.82, 2.24) is 24.7 Å². The molecule has 1 aliphatic heterocycles. The minimum Gasteiger partial charge on any atom is -0.381 e. The number of imidazole rings is 1. The zero-order valence-electron chi connectivity index (χ0n) is 13.1. The Morgan fingerprint density at radius 1 is 1.17 bits per heavy atom. The fraction of sp³-hybridized carbons (Fsp3) is 0.294. The van der Waals surface area contributed by atoms with E-state index in [9.17, 15) is 4.79 Å². The number of pyridine rings is 1. The van der Waals surface area contributed by atoms with Crippen LogP contribution in [0.4, 0.5) is 0 Å². The minimum atomic E-state index is -0.619. The van der Waals surface area contributed by atoms with E-state index in [0.29, 0.717) is 37.6 Å². The predicted octanol–water partition coefficient (Wildman–Crippen LogP) is 1.56. The zero-order chi connectivity index (χ0) is 16.4. The van der Waals surface area contributed by atoms with E-state index in [4.69, 9.17) is 4.74 Å². The number of amides is 1. The molecule has 0 aliphatic carbocycles. The van der Waals surface area contributed by atoms with Crippen molar-refractivity contribution in [2.24, 2.45) is 0 Å². The Morgan fingerprint density at radius 2 is 1.96 bits per heavy atom. The third kappa shape index (κ3) is 2.63. The molecule has 0 unspecified atom stereocenters. The number of nitrogens with zero attached hydrogens (tertiary/aromatic N) is 4. The van der Waals surface area contributed by atoms with Crippen molar-refractivity contribution in [3.8, 4) is 0 Å². The molecule has 1 fully saturated rings. The van der Waals surface area contributed by atoms with Gasteiger partial charge in [0.25, 0.3) is 5.91 Å². The molecule has 3 aromatic rings. The molecular weight excluding hydrogens is 306 g/mol. The molecule has 0 bridgehead atoms. The third-order valence-electron chi connectivity index (χ3n) is 4.29. The highest BCUT2D eigenvalue weighted by molar-refractivity contribution is 5.93. The summed E-state index contributed by atoms with van der Waals surface area (Å²) >= 11 is 0. The van der Waals surface area contributed by atoms with Crippen molar-refractivity contribution in [3.63, 3.8) is 0 Å². The van der Waals surface area contributed by atoms with Crippen LogP contribution >= 0.6 is 0 Å². The fourth-order valence-corrected chi connectivity index (χ4v) is 3.00. The van der Waals surface area contributed by atoms with Gasteiger partial charge in [-0.05, 0) is 18.2 Å². The highest BCUT2D eigenvalue weighted by atomic mass is 16.5. The molecule has 0 aromatic carbocycles. The zero-order valence-corrected chi connectivity index (χ0v) is 13.1. The van der Waals surface area contributed by atoms with Gasteiger partial charge < -0.3 is 14.5 Å². The molecule has 0 spiro atoms. The summed E-state index contributed by atoms with van der Waals surface area (Å²) in [5, 5.41) is 3.11. The first-order chi connectivity index (χ1) is 11.8. The van der Waals surface area contributed by atoms with Gasteiger partial charge in [0, 0.05) is 50.8 Å². The molecule has 24 heavy (non-hydrogen) atoms. The highest BCUT2D eigenvalue weighted by Gasteiger charge is 2.39. The lowest BCUT2D eigenvalue weighted by Crippen LogP contribution is -2.50. The lowest BCUT2D eigenvalue weighted by Gasteiger charge is -2.36. The maximum atomic E-state index is 12.8. The molecule has 7 heteroatoms. The molecule has 1 N–H and O–H groups in total. The molecule has 0 radical (unpaired) electrons. The Hall–Kier alpha value is -2.80. The van der Waals surface area contributed by atoms with Gasteiger partial charge in [-0.15, -0.1) is 0 Å². The number of carbonyl (C=O) groups is 1. The number of fused-ring (bicyclic) bond motifs is 1. The molecule has 0 atom stereocenters. The van der Waals surface area contributed by atoms with Crippen LogP contribution < -0.4 is 5.32 Å². The average molecular weight is 323 g/mol. The van der Waals surface area contributed by atoms with Gasteiger partial charge >= 0.3 is 0 Å². The maximum Gasteiger partial charge on any atom is 0.272 e. The Balaban J connectivity index is 1.66. The molecule has 1 saturated heterocycles. The summed E-state index contributed by atoms with van der Waals surface area (Å²) in [4.78, 5) is 25.9. The van der Waals surface area contributed by atoms with Crippen molar-refractivity contribution >= 4 is 11.6 Å². The Bertz CT molecular complexity index is 823. The van der Waals surface area contributed by atoms with E-state index in [1.165, 1.54) is 0 Å². The normalized spacial score (nSPS) is 16.8. The van der Waals surface area contributed by atoms with E-state index in [1.54, 1.807) is 24.7 Å². The fourth-order valence-electron chi connectivity index (χ4n) is 3.00. The molecule has 3 aromatic heterocycles. The van der Waals surface area contributed by atoms with Gasteiger partial charge in [-0.1, -0.05) is 6.07 Å². The van der Waals surface area contributed by atoms with Crippen LogP contribution in [0.1, 0.15) is 29.2 Å². The van der Waals surface area contributed by atoms with Crippen molar-refractivity contribution < 1.29 is 9.53 Å². The molecule has 1 aliphatic rings. The molecule has 1 amide bonds. The smallest absolute Gasteiger partial charge is 0.272 e. The van der Waals surface area contributed by atoms with E-state index >= 15 is 0 Å². The highest BCUT2D eigenvalue weighted by Crippen LogP contribution is 2.29. The first-order valence-corrected chi connectivity index (χ1v) is 7.88. The lowest BCUT2D eigenvalue weighted by atomic mass is 9.88. The quantitative estimate of drug-likeness (QED) is 0.791. The molecule has 0 saturated carbocycles. The van der Waals surface area contributed by atoms with Crippen molar-refractivity contribution in [3.05, 3.63) is 60.6 Å². The Kier molecular flexibility index (Phi) is 3.70. The minimum absolute atomic E-state index is 0.229. The van der Waals surface area contributed by atoms with Crippen molar-refractivity contribution in [2.75, 3.05) is 13.2 Å². The monoisotopic (exact) mass is 323 g/mol. The summed E-state index contributed by atoms with van der Waals surface area (Å²) in [6.07, 6.45) is 8.24. The molecule has 4 heterocycles. The van der Waals surface area contributed by atoms with Crippen molar-refractivity contribution in [2.45, 2.75) is 18.4 Å². The van der Waals surface area contributed by atoms with E-state index in [0.717, 1.165) is 5.65 Å². The van der Waals surface area contributed by atoms with Gasteiger partial charge in [-0.3, -0.25) is 4.79 Å². The van der Waals surface area contributed by atoms with Crippen LogP contribution in [-0.4, -0.2) is 38.5 Å². The van der Waals surface area contributed by atoms with E-state index in [-0.39, 0.29) is 5.91 Å². The van der Waals surface area contributed by atoms with Gasteiger partial charge in [0.15, 0.2) is 5.82 Å². The van der Waals surface area contributed by atoms with Crippen LogP contribution in [0, 0.1) is 0 Å². The number of ether oxygens (including phenoxy) is 1. The number of hydrogen-bond donors (Lipinski definition) is 1. The summed E-state index contributed by atoms with van der Waals surface area (Å²) in [6, 6.07) is 7.41. The topological polar surface area (TPSA) is 81.4 Å². The second-order valence-electron chi connectivity index (χ2n) is 5.81. The van der Waals surface area contributed by atoms with Crippen LogP contribution in [0.25, 0.3) is 5.65 Å². The first-order valence-electron chi connectivity index (χ1n) is 7.88. The summed E-state index contributed by atoms with van der Waals surface area (Å²) in [7, 11) is 0. The summed E-state index contributed by atoms with van der Waals surface area (Å²) in [5.74, 6) is 0.387. The van der Waals surface area contributed by atoms with E-state index < -0.39 is 5.54 Å². The van der Waals surface area contributed by atoms with E-state index in [1.807, 2.05) is 28.8 Å². The van der Waals surface area contributed by atoms with Crippen LogP contribution in [0.2, 0.25) is 0 Å². The first kappa shape index (κ1) is 14.8. The van der Waals surface area contributed by atoms with Crippen LogP contribution in [0.3, 0.4) is 0 Å². The third-order valence-corrected chi connectivity index (χ3v) is 4.29. The predicted molar refractivity (Wildman–Crippen MR) is 86.4 cm³/mol. The number of nitrogens with one attached hydrogen (secondary N) is 1. The van der Waals surface area contributed by atoms with Crippen LogP contribution in [0.15, 0.2) is 49.1 Å². The average Bonchev–Trinajstić information content (AvgIpc) is 3.08. The number of aromatic nitrogens is 4. The SMILES string of the molecule is O=C(NC1(c2ncccn2)CCOCC1)c1cn2ccccc2n1. The van der Waals surface area contributed by atoms with E-state index in [2.05, 4.69) is 20.3 Å². The summed E-state index contributed by atoms with van der Waals surface area (Å²) < 4.78 is 7.28. The van der Waals surface area contributed by atoms with Gasteiger partial charge in [0.2, 0.25) is 0 Å². The molecule has 7 nitrogen and oxygen atoms in total. The molecule has 4 rings (SSSR count). The molecular formula is C17H17N5O2. The van der Waals surface area contributed by atoms with Gasteiger partial charge in [-0.2, -0.15) is 0 Å². The summed E-state index contributed by atoms with van der Waals surface area (Å²) in [5.41, 5.74) is 0.495. The number of rotatable bonds is 3. The van der Waals surface area contributed by atoms with Gasteiger partial charge in [0.1, 0.15) is 16.9 Å².